The second kappa shape index (κ2) is 4.78. The van der Waals surface area contributed by atoms with Crippen molar-refractivity contribution in [3.63, 3.8) is 0 Å². The van der Waals surface area contributed by atoms with Crippen LogP contribution in [0.15, 0.2) is 10.9 Å². The number of nitrogens with one attached hydrogen (secondary N) is 2. The SMILES string of the molecule is CCC(C)c1nc(C2CCCN2)cc(=O)[nH]1. The summed E-state index contributed by atoms with van der Waals surface area (Å²) in [6.07, 6.45) is 3.23. The summed E-state index contributed by atoms with van der Waals surface area (Å²) in [4.78, 5) is 19.0. The van der Waals surface area contributed by atoms with Crippen LogP contribution >= 0.6 is 0 Å². The molecule has 1 aromatic heterocycles. The predicted molar refractivity (Wildman–Crippen MR) is 63.5 cm³/mol. The van der Waals surface area contributed by atoms with Gasteiger partial charge in [-0.05, 0) is 25.8 Å². The van der Waals surface area contributed by atoms with Crippen LogP contribution in [0.3, 0.4) is 0 Å². The Hall–Kier alpha value is -1.16. The van der Waals surface area contributed by atoms with Gasteiger partial charge in [0.25, 0.3) is 5.56 Å². The molecule has 0 amide bonds. The summed E-state index contributed by atoms with van der Waals surface area (Å²) in [6.45, 7) is 5.22. The molecule has 1 aromatic rings. The molecule has 2 N–H and O–H groups in total. The van der Waals surface area contributed by atoms with Crippen LogP contribution in [0.2, 0.25) is 0 Å². The molecule has 0 saturated carbocycles. The molecule has 2 rings (SSSR count). The number of hydrogen-bond donors (Lipinski definition) is 2. The molecule has 0 radical (unpaired) electrons. The lowest BCUT2D eigenvalue weighted by atomic mass is 10.1. The third-order valence-electron chi connectivity index (χ3n) is 3.28. The summed E-state index contributed by atoms with van der Waals surface area (Å²) < 4.78 is 0. The molecule has 2 heterocycles. The van der Waals surface area contributed by atoms with E-state index in [2.05, 4.69) is 29.1 Å². The largest absolute Gasteiger partial charge is 0.310 e. The van der Waals surface area contributed by atoms with Gasteiger partial charge < -0.3 is 10.3 Å². The van der Waals surface area contributed by atoms with E-state index in [1.807, 2.05) is 0 Å². The van der Waals surface area contributed by atoms with Gasteiger partial charge in [-0.1, -0.05) is 13.8 Å². The van der Waals surface area contributed by atoms with Gasteiger partial charge in [-0.15, -0.1) is 0 Å². The molecule has 1 aliphatic rings. The highest BCUT2D eigenvalue weighted by Crippen LogP contribution is 2.21. The summed E-state index contributed by atoms with van der Waals surface area (Å²) in [6, 6.07) is 1.89. The van der Waals surface area contributed by atoms with Crippen molar-refractivity contribution in [2.75, 3.05) is 6.54 Å². The van der Waals surface area contributed by atoms with Gasteiger partial charge in [-0.25, -0.2) is 4.98 Å². The first kappa shape index (κ1) is 11.3. The van der Waals surface area contributed by atoms with E-state index in [0.29, 0.717) is 5.92 Å². The molecular formula is C12H19N3O. The third-order valence-corrected chi connectivity index (χ3v) is 3.28. The zero-order valence-corrected chi connectivity index (χ0v) is 9.92. The molecule has 0 aliphatic carbocycles. The summed E-state index contributed by atoms with van der Waals surface area (Å²) in [7, 11) is 0. The lowest BCUT2D eigenvalue weighted by Gasteiger charge is -2.13. The molecule has 1 saturated heterocycles. The highest BCUT2D eigenvalue weighted by Gasteiger charge is 2.19. The Morgan fingerprint density at radius 2 is 2.44 bits per heavy atom. The monoisotopic (exact) mass is 221 g/mol. The smallest absolute Gasteiger partial charge is 0.251 e. The summed E-state index contributed by atoms with van der Waals surface area (Å²) in [5.74, 6) is 1.13. The number of rotatable bonds is 3. The molecule has 1 aliphatic heterocycles. The van der Waals surface area contributed by atoms with Crippen molar-refractivity contribution in [1.82, 2.24) is 15.3 Å². The molecule has 0 spiro atoms. The molecule has 0 aromatic carbocycles. The lowest BCUT2D eigenvalue weighted by molar-refractivity contribution is 0.600. The highest BCUT2D eigenvalue weighted by molar-refractivity contribution is 5.11. The number of nitrogens with zero attached hydrogens (tertiary/aromatic N) is 1. The van der Waals surface area contributed by atoms with Crippen LogP contribution < -0.4 is 10.9 Å². The van der Waals surface area contributed by atoms with Crippen molar-refractivity contribution in [3.05, 3.63) is 27.9 Å². The fourth-order valence-corrected chi connectivity index (χ4v) is 2.04. The van der Waals surface area contributed by atoms with Crippen molar-refractivity contribution >= 4 is 0 Å². The normalized spacial score (nSPS) is 22.2. The first-order chi connectivity index (χ1) is 7.70. The van der Waals surface area contributed by atoms with E-state index < -0.39 is 0 Å². The van der Waals surface area contributed by atoms with E-state index in [9.17, 15) is 4.79 Å². The second-order valence-electron chi connectivity index (χ2n) is 4.51. The van der Waals surface area contributed by atoms with E-state index in [4.69, 9.17) is 0 Å². The van der Waals surface area contributed by atoms with E-state index in [-0.39, 0.29) is 11.6 Å². The minimum absolute atomic E-state index is 0.0333. The van der Waals surface area contributed by atoms with Crippen molar-refractivity contribution in [2.45, 2.75) is 45.1 Å². The van der Waals surface area contributed by atoms with Crippen LogP contribution in [-0.4, -0.2) is 16.5 Å². The topological polar surface area (TPSA) is 57.8 Å². The Morgan fingerprint density at radius 1 is 1.62 bits per heavy atom. The van der Waals surface area contributed by atoms with Gasteiger partial charge in [0.2, 0.25) is 0 Å². The standard InChI is InChI=1S/C12H19N3O/c1-3-8(2)12-14-10(7-11(16)15-12)9-5-4-6-13-9/h7-9,13H,3-6H2,1-2H3,(H,14,15,16). The summed E-state index contributed by atoms with van der Waals surface area (Å²) >= 11 is 0. The molecule has 4 heteroatoms. The Bertz CT molecular complexity index is 407. The van der Waals surface area contributed by atoms with Crippen LogP contribution in [0.5, 0.6) is 0 Å². The highest BCUT2D eigenvalue weighted by atomic mass is 16.1. The second-order valence-corrected chi connectivity index (χ2v) is 4.51. The van der Waals surface area contributed by atoms with E-state index in [0.717, 1.165) is 37.3 Å². The molecule has 1 fully saturated rings. The number of hydrogen-bond acceptors (Lipinski definition) is 3. The third kappa shape index (κ3) is 2.32. The molecule has 2 atom stereocenters. The van der Waals surface area contributed by atoms with Gasteiger partial charge >= 0.3 is 0 Å². The van der Waals surface area contributed by atoms with E-state index in [1.54, 1.807) is 6.07 Å². The van der Waals surface area contributed by atoms with Crippen molar-refractivity contribution < 1.29 is 0 Å². The maximum absolute atomic E-state index is 11.6. The first-order valence-electron chi connectivity index (χ1n) is 6.05. The Balaban J connectivity index is 2.31. The number of aromatic nitrogens is 2. The minimum atomic E-state index is -0.0333. The quantitative estimate of drug-likeness (QED) is 0.817. The molecule has 88 valence electrons. The average molecular weight is 221 g/mol. The predicted octanol–water partition coefficient (Wildman–Crippen LogP) is 1.71. The fraction of sp³-hybridized carbons (Fsp3) is 0.667. The zero-order valence-electron chi connectivity index (χ0n) is 9.92. The van der Waals surface area contributed by atoms with Gasteiger partial charge in [-0.2, -0.15) is 0 Å². The molecule has 4 nitrogen and oxygen atoms in total. The van der Waals surface area contributed by atoms with E-state index >= 15 is 0 Å². The van der Waals surface area contributed by atoms with Crippen LogP contribution in [0.4, 0.5) is 0 Å². The lowest BCUT2D eigenvalue weighted by Crippen LogP contribution is -2.20. The zero-order chi connectivity index (χ0) is 11.5. The molecular weight excluding hydrogens is 202 g/mol. The minimum Gasteiger partial charge on any atom is -0.310 e. The van der Waals surface area contributed by atoms with Crippen molar-refractivity contribution in [1.29, 1.82) is 0 Å². The van der Waals surface area contributed by atoms with Crippen LogP contribution in [0.1, 0.15) is 56.6 Å². The van der Waals surface area contributed by atoms with Gasteiger partial charge in [0.05, 0.1) is 5.69 Å². The Labute approximate surface area is 95.5 Å². The van der Waals surface area contributed by atoms with Crippen molar-refractivity contribution in [2.24, 2.45) is 0 Å². The van der Waals surface area contributed by atoms with Gasteiger partial charge in [-0.3, -0.25) is 4.79 Å². The van der Waals surface area contributed by atoms with Gasteiger partial charge in [0.15, 0.2) is 0 Å². The van der Waals surface area contributed by atoms with Crippen molar-refractivity contribution in [3.8, 4) is 0 Å². The molecule has 0 bridgehead atoms. The Kier molecular flexibility index (Phi) is 3.39. The first-order valence-corrected chi connectivity index (χ1v) is 6.05. The van der Waals surface area contributed by atoms with E-state index in [1.165, 1.54) is 0 Å². The summed E-state index contributed by atoms with van der Waals surface area (Å²) in [5.41, 5.74) is 0.866. The number of aromatic amines is 1. The molecule has 16 heavy (non-hydrogen) atoms. The Morgan fingerprint density at radius 3 is 3.06 bits per heavy atom. The summed E-state index contributed by atoms with van der Waals surface area (Å²) in [5, 5.41) is 3.37. The van der Waals surface area contributed by atoms with Crippen LogP contribution in [0, 0.1) is 0 Å². The fourth-order valence-electron chi connectivity index (χ4n) is 2.04. The molecule has 2 unspecified atom stereocenters. The maximum Gasteiger partial charge on any atom is 0.251 e. The van der Waals surface area contributed by atoms with Gasteiger partial charge in [0, 0.05) is 18.0 Å². The average Bonchev–Trinajstić information content (AvgIpc) is 2.80. The van der Waals surface area contributed by atoms with Crippen LogP contribution in [0.25, 0.3) is 0 Å². The maximum atomic E-state index is 11.6. The van der Waals surface area contributed by atoms with Crippen LogP contribution in [-0.2, 0) is 0 Å². The van der Waals surface area contributed by atoms with Gasteiger partial charge in [0.1, 0.15) is 5.82 Å². The number of H-pyrrole nitrogens is 1.